The lowest BCUT2D eigenvalue weighted by Crippen LogP contribution is -2.16. The van der Waals surface area contributed by atoms with Crippen LogP contribution in [0.4, 0.5) is 11.6 Å². The maximum absolute atomic E-state index is 6.11. The molecule has 0 amide bonds. The van der Waals surface area contributed by atoms with Gasteiger partial charge in [-0.1, -0.05) is 56.3 Å². The molecule has 108 valence electrons. The molecule has 19 heavy (non-hydrogen) atoms. The molecule has 1 heterocycles. The maximum Gasteiger partial charge on any atom is 0.161 e. The van der Waals surface area contributed by atoms with Gasteiger partial charge >= 0.3 is 0 Å². The van der Waals surface area contributed by atoms with E-state index in [2.05, 4.69) is 29.6 Å². The minimum atomic E-state index is 0.413. The van der Waals surface area contributed by atoms with Crippen LogP contribution in [0.25, 0.3) is 0 Å². The quantitative estimate of drug-likeness (QED) is 0.495. The van der Waals surface area contributed by atoms with E-state index in [0.29, 0.717) is 27.6 Å². The highest BCUT2D eigenvalue weighted by Gasteiger charge is 2.11. The van der Waals surface area contributed by atoms with Crippen molar-refractivity contribution in [3.8, 4) is 0 Å². The summed E-state index contributed by atoms with van der Waals surface area (Å²) in [5.74, 6) is 7.02. The zero-order valence-electron chi connectivity index (χ0n) is 11.5. The third-order valence-corrected chi connectivity index (χ3v) is 3.74. The Kier molecular flexibility index (Phi) is 7.28. The summed E-state index contributed by atoms with van der Waals surface area (Å²) in [6.45, 7) is 5.26. The largest absolute Gasteiger partial charge is 0.368 e. The summed E-state index contributed by atoms with van der Waals surface area (Å²) in [6.07, 6.45) is 4.82. The van der Waals surface area contributed by atoms with Crippen LogP contribution in [0.5, 0.6) is 0 Å². The summed E-state index contributed by atoms with van der Waals surface area (Å²) < 4.78 is 0. The van der Waals surface area contributed by atoms with Gasteiger partial charge in [-0.3, -0.25) is 0 Å². The minimum absolute atomic E-state index is 0.413. The van der Waals surface area contributed by atoms with Crippen molar-refractivity contribution in [2.24, 2.45) is 11.8 Å². The molecule has 0 spiro atoms. The summed E-state index contributed by atoms with van der Waals surface area (Å²) >= 11 is 12.1. The number of anilines is 2. The Morgan fingerprint density at radius 2 is 1.95 bits per heavy atom. The first-order valence-corrected chi connectivity index (χ1v) is 7.44. The van der Waals surface area contributed by atoms with Crippen LogP contribution in [-0.2, 0) is 0 Å². The van der Waals surface area contributed by atoms with E-state index in [0.717, 1.165) is 13.0 Å². The normalized spacial score (nSPS) is 12.3. The highest BCUT2D eigenvalue weighted by Crippen LogP contribution is 2.29. The van der Waals surface area contributed by atoms with E-state index in [9.17, 15) is 0 Å². The number of halogens is 2. The number of unbranched alkanes of at least 4 members (excludes halogenated alkanes) is 1. The number of hydrazine groups is 1. The highest BCUT2D eigenvalue weighted by atomic mass is 35.5. The van der Waals surface area contributed by atoms with Crippen molar-refractivity contribution in [3.05, 3.63) is 16.1 Å². The van der Waals surface area contributed by atoms with Gasteiger partial charge in [-0.25, -0.2) is 10.8 Å². The summed E-state index contributed by atoms with van der Waals surface area (Å²) in [5.41, 5.74) is 2.46. The van der Waals surface area contributed by atoms with E-state index in [1.807, 2.05) is 0 Å². The number of aromatic nitrogens is 1. The molecule has 0 aliphatic carbocycles. The van der Waals surface area contributed by atoms with Gasteiger partial charge in [0.2, 0.25) is 0 Å². The lowest BCUT2D eigenvalue weighted by Gasteiger charge is -2.17. The van der Waals surface area contributed by atoms with Crippen molar-refractivity contribution in [2.45, 2.75) is 39.5 Å². The molecule has 0 bridgehead atoms. The fraction of sp³-hybridized carbons (Fsp3) is 0.615. The second-order valence-corrected chi connectivity index (χ2v) is 5.41. The lowest BCUT2D eigenvalue weighted by atomic mass is 9.99. The van der Waals surface area contributed by atoms with Crippen LogP contribution in [-0.4, -0.2) is 11.5 Å². The predicted octanol–water partition coefficient (Wildman–Crippen LogP) is 4.30. The molecule has 6 heteroatoms. The molecule has 4 nitrogen and oxygen atoms in total. The van der Waals surface area contributed by atoms with Crippen LogP contribution in [0, 0.1) is 5.92 Å². The number of hydrogen-bond acceptors (Lipinski definition) is 4. The minimum Gasteiger partial charge on any atom is -0.368 e. The Hall–Kier alpha value is -0.710. The van der Waals surface area contributed by atoms with Gasteiger partial charge in [0.25, 0.3) is 0 Å². The van der Waals surface area contributed by atoms with E-state index in [1.54, 1.807) is 6.07 Å². The Bertz CT molecular complexity index is 398. The molecule has 0 aliphatic heterocycles. The zero-order chi connectivity index (χ0) is 14.3. The molecule has 1 aromatic rings. The summed E-state index contributed by atoms with van der Waals surface area (Å²) in [4.78, 5) is 4.27. The smallest absolute Gasteiger partial charge is 0.161 e. The maximum atomic E-state index is 6.11. The van der Waals surface area contributed by atoms with Gasteiger partial charge in [0.1, 0.15) is 5.82 Å². The van der Waals surface area contributed by atoms with E-state index in [4.69, 9.17) is 29.0 Å². The Labute approximate surface area is 125 Å². The molecule has 0 aromatic carbocycles. The van der Waals surface area contributed by atoms with Gasteiger partial charge in [0, 0.05) is 6.54 Å². The third-order valence-electron chi connectivity index (χ3n) is 3.17. The molecular formula is C13H22Cl2N4. The van der Waals surface area contributed by atoms with Gasteiger partial charge in [-0.2, -0.15) is 0 Å². The molecule has 1 atom stereocenters. The van der Waals surface area contributed by atoms with Crippen LogP contribution in [0.1, 0.15) is 39.5 Å². The molecule has 0 fully saturated rings. The average molecular weight is 305 g/mol. The fourth-order valence-corrected chi connectivity index (χ4v) is 2.36. The second kappa shape index (κ2) is 8.46. The standard InChI is InChI=1S/C13H22Cl2N4/c1-3-5-6-9(4-2)8-17-12-10(14)7-11(15)13(18-12)19-16/h7,9H,3-6,8,16H2,1-2H3,(H2,17,18,19). The van der Waals surface area contributed by atoms with Gasteiger partial charge in [0.15, 0.2) is 5.82 Å². The summed E-state index contributed by atoms with van der Waals surface area (Å²) in [7, 11) is 0. The molecule has 1 rings (SSSR count). The molecule has 4 N–H and O–H groups in total. The van der Waals surface area contributed by atoms with Gasteiger partial charge in [-0.15, -0.1) is 0 Å². The first-order valence-electron chi connectivity index (χ1n) is 6.68. The molecular weight excluding hydrogens is 283 g/mol. The Morgan fingerprint density at radius 3 is 2.53 bits per heavy atom. The topological polar surface area (TPSA) is 63.0 Å². The van der Waals surface area contributed by atoms with Crippen LogP contribution in [0.15, 0.2) is 6.07 Å². The van der Waals surface area contributed by atoms with Gasteiger partial charge < -0.3 is 10.7 Å². The molecule has 0 saturated heterocycles. The van der Waals surface area contributed by atoms with Gasteiger partial charge in [-0.05, 0) is 18.4 Å². The van der Waals surface area contributed by atoms with Crippen molar-refractivity contribution < 1.29 is 0 Å². The number of nitrogen functional groups attached to an aromatic ring is 1. The number of rotatable bonds is 8. The number of nitrogens with zero attached hydrogens (tertiary/aromatic N) is 1. The van der Waals surface area contributed by atoms with Crippen molar-refractivity contribution in [3.63, 3.8) is 0 Å². The first-order chi connectivity index (χ1) is 9.12. The van der Waals surface area contributed by atoms with Crippen molar-refractivity contribution in [1.29, 1.82) is 0 Å². The van der Waals surface area contributed by atoms with Crippen LogP contribution < -0.4 is 16.6 Å². The van der Waals surface area contributed by atoms with Crippen molar-refractivity contribution in [2.75, 3.05) is 17.3 Å². The van der Waals surface area contributed by atoms with Crippen molar-refractivity contribution in [1.82, 2.24) is 4.98 Å². The van der Waals surface area contributed by atoms with E-state index in [-0.39, 0.29) is 0 Å². The van der Waals surface area contributed by atoms with Crippen LogP contribution >= 0.6 is 23.2 Å². The van der Waals surface area contributed by atoms with Gasteiger partial charge in [0.05, 0.1) is 10.0 Å². The zero-order valence-corrected chi connectivity index (χ0v) is 13.0. The molecule has 0 aliphatic rings. The van der Waals surface area contributed by atoms with E-state index in [1.165, 1.54) is 19.3 Å². The summed E-state index contributed by atoms with van der Waals surface area (Å²) in [5, 5.41) is 4.20. The lowest BCUT2D eigenvalue weighted by molar-refractivity contribution is 0.472. The van der Waals surface area contributed by atoms with E-state index < -0.39 is 0 Å². The highest BCUT2D eigenvalue weighted by molar-refractivity contribution is 6.37. The molecule has 1 unspecified atom stereocenters. The number of hydrogen-bond donors (Lipinski definition) is 3. The number of nitrogens with one attached hydrogen (secondary N) is 2. The van der Waals surface area contributed by atoms with E-state index >= 15 is 0 Å². The predicted molar refractivity (Wildman–Crippen MR) is 83.9 cm³/mol. The number of nitrogens with two attached hydrogens (primary N) is 1. The molecule has 0 saturated carbocycles. The monoisotopic (exact) mass is 304 g/mol. The SMILES string of the molecule is CCCCC(CC)CNc1nc(NN)c(Cl)cc1Cl. The molecule has 0 radical (unpaired) electrons. The Balaban J connectivity index is 2.65. The number of pyridine rings is 1. The second-order valence-electron chi connectivity index (χ2n) is 4.59. The summed E-state index contributed by atoms with van der Waals surface area (Å²) in [6, 6.07) is 1.64. The average Bonchev–Trinajstić information content (AvgIpc) is 2.41. The van der Waals surface area contributed by atoms with Crippen LogP contribution in [0.3, 0.4) is 0 Å². The Morgan fingerprint density at radius 1 is 1.26 bits per heavy atom. The third kappa shape index (κ3) is 5.05. The fourth-order valence-electron chi connectivity index (χ4n) is 1.88. The molecule has 1 aromatic heterocycles. The van der Waals surface area contributed by atoms with Crippen LogP contribution in [0.2, 0.25) is 10.0 Å². The van der Waals surface area contributed by atoms with Crippen molar-refractivity contribution >= 4 is 34.8 Å². The first kappa shape index (κ1) is 16.3.